The van der Waals surface area contributed by atoms with Crippen molar-refractivity contribution in [3.05, 3.63) is 28.2 Å². The van der Waals surface area contributed by atoms with E-state index in [1.54, 1.807) is 7.11 Å². The van der Waals surface area contributed by atoms with Crippen molar-refractivity contribution in [1.29, 1.82) is 0 Å². The second-order valence-electron chi connectivity index (χ2n) is 5.28. The van der Waals surface area contributed by atoms with Gasteiger partial charge in [-0.1, -0.05) is 6.07 Å². The molecule has 1 unspecified atom stereocenters. The summed E-state index contributed by atoms with van der Waals surface area (Å²) in [4.78, 5) is 2.19. The fourth-order valence-corrected chi connectivity index (χ4v) is 3.29. The zero-order chi connectivity index (χ0) is 13.3. The van der Waals surface area contributed by atoms with Crippen molar-refractivity contribution in [2.45, 2.75) is 18.9 Å². The summed E-state index contributed by atoms with van der Waals surface area (Å²) in [5.74, 6) is 0.838. The second-order valence-corrected chi connectivity index (χ2v) is 6.13. The summed E-state index contributed by atoms with van der Waals surface area (Å²) < 4.78 is 6.22. The van der Waals surface area contributed by atoms with E-state index < -0.39 is 0 Å². The highest BCUT2D eigenvalue weighted by molar-refractivity contribution is 9.10. The number of ether oxygens (including phenoxy) is 1. The van der Waals surface area contributed by atoms with E-state index in [-0.39, 0.29) is 18.1 Å². The first-order valence-electron chi connectivity index (χ1n) is 6.15. The van der Waals surface area contributed by atoms with Gasteiger partial charge in [-0.3, -0.25) is 0 Å². The maximum Gasteiger partial charge on any atom is 0.133 e. The zero-order valence-corrected chi connectivity index (χ0v) is 12.7. The van der Waals surface area contributed by atoms with Crippen molar-refractivity contribution in [2.24, 2.45) is 5.41 Å². The number of hydrogen-bond acceptors (Lipinski definition) is 3. The molecule has 3 nitrogen and oxygen atoms in total. The minimum absolute atomic E-state index is 0.0392. The molecule has 0 spiro atoms. The lowest BCUT2D eigenvalue weighted by molar-refractivity contribution is 0.115. The highest BCUT2D eigenvalue weighted by atomic mass is 79.9. The Hall–Kier alpha value is -0.580. The van der Waals surface area contributed by atoms with Gasteiger partial charge in [0.1, 0.15) is 5.75 Å². The van der Waals surface area contributed by atoms with Crippen LogP contribution in [0.4, 0.5) is 0 Å². The summed E-state index contributed by atoms with van der Waals surface area (Å²) in [6.07, 6.45) is 2.19. The number of aliphatic hydroxyl groups is 1. The number of benzene rings is 1. The molecule has 0 bridgehead atoms. The third-order valence-electron chi connectivity index (χ3n) is 3.80. The fraction of sp³-hybridized carbons (Fsp3) is 0.571. The molecule has 1 atom stereocenters. The van der Waals surface area contributed by atoms with E-state index in [1.807, 2.05) is 6.07 Å². The molecule has 1 aromatic rings. The Morgan fingerprint density at radius 1 is 1.44 bits per heavy atom. The average Bonchev–Trinajstić information content (AvgIpc) is 3.10. The van der Waals surface area contributed by atoms with Crippen molar-refractivity contribution in [3.8, 4) is 5.75 Å². The maximum absolute atomic E-state index is 9.64. The Morgan fingerprint density at radius 3 is 2.50 bits per heavy atom. The lowest BCUT2D eigenvalue weighted by atomic mass is 9.90. The summed E-state index contributed by atoms with van der Waals surface area (Å²) in [6, 6.07) is 6.41. The van der Waals surface area contributed by atoms with Gasteiger partial charge in [-0.2, -0.15) is 0 Å². The van der Waals surface area contributed by atoms with Crippen LogP contribution in [0, 0.1) is 5.41 Å². The van der Waals surface area contributed by atoms with Gasteiger partial charge in [0.25, 0.3) is 0 Å². The Kier molecular flexibility index (Phi) is 3.99. The third kappa shape index (κ3) is 2.42. The van der Waals surface area contributed by atoms with E-state index in [4.69, 9.17) is 4.74 Å². The molecule has 0 aliphatic heterocycles. The van der Waals surface area contributed by atoms with Gasteiger partial charge in [0.05, 0.1) is 18.2 Å². The summed E-state index contributed by atoms with van der Waals surface area (Å²) in [7, 11) is 5.80. The van der Waals surface area contributed by atoms with Crippen molar-refractivity contribution in [1.82, 2.24) is 4.90 Å². The van der Waals surface area contributed by atoms with Gasteiger partial charge in [0, 0.05) is 11.5 Å². The van der Waals surface area contributed by atoms with Crippen LogP contribution in [-0.4, -0.2) is 37.8 Å². The van der Waals surface area contributed by atoms with E-state index in [9.17, 15) is 5.11 Å². The van der Waals surface area contributed by atoms with Gasteiger partial charge >= 0.3 is 0 Å². The average molecular weight is 314 g/mol. The van der Waals surface area contributed by atoms with Gasteiger partial charge in [0.15, 0.2) is 0 Å². The predicted octanol–water partition coefficient (Wildman–Crippen LogP) is 2.83. The summed E-state index contributed by atoms with van der Waals surface area (Å²) in [5.41, 5.74) is 1.26. The Labute approximate surface area is 117 Å². The quantitative estimate of drug-likeness (QED) is 0.907. The first-order valence-corrected chi connectivity index (χ1v) is 6.94. The lowest BCUT2D eigenvalue weighted by Gasteiger charge is -2.32. The summed E-state index contributed by atoms with van der Waals surface area (Å²) >= 11 is 3.53. The van der Waals surface area contributed by atoms with Gasteiger partial charge in [-0.15, -0.1) is 0 Å². The van der Waals surface area contributed by atoms with Gasteiger partial charge in [-0.05, 0) is 60.6 Å². The molecule has 0 amide bonds. The molecule has 1 fully saturated rings. The Morgan fingerprint density at radius 2 is 2.11 bits per heavy atom. The molecule has 1 aliphatic carbocycles. The Balaban J connectivity index is 2.35. The zero-order valence-electron chi connectivity index (χ0n) is 11.1. The normalized spacial score (nSPS) is 18.8. The van der Waals surface area contributed by atoms with E-state index in [1.165, 1.54) is 5.56 Å². The van der Waals surface area contributed by atoms with E-state index in [0.717, 1.165) is 23.1 Å². The highest BCUT2D eigenvalue weighted by Gasteiger charge is 2.50. The number of rotatable bonds is 5. The van der Waals surface area contributed by atoms with E-state index in [0.29, 0.717) is 0 Å². The number of methoxy groups -OCH3 is 1. The molecular formula is C14H20BrNO2. The van der Waals surface area contributed by atoms with Gasteiger partial charge in [-0.25, -0.2) is 0 Å². The molecule has 4 heteroatoms. The fourth-order valence-electron chi connectivity index (χ4n) is 2.73. The molecule has 1 aliphatic rings. The van der Waals surface area contributed by atoms with Crippen molar-refractivity contribution < 1.29 is 9.84 Å². The highest BCUT2D eigenvalue weighted by Crippen LogP contribution is 2.56. The third-order valence-corrected chi connectivity index (χ3v) is 4.41. The largest absolute Gasteiger partial charge is 0.496 e. The lowest BCUT2D eigenvalue weighted by Crippen LogP contribution is -2.31. The van der Waals surface area contributed by atoms with E-state index >= 15 is 0 Å². The van der Waals surface area contributed by atoms with Crippen molar-refractivity contribution >= 4 is 15.9 Å². The van der Waals surface area contributed by atoms with Crippen LogP contribution in [0.2, 0.25) is 0 Å². The van der Waals surface area contributed by atoms with Crippen LogP contribution in [0.1, 0.15) is 24.4 Å². The van der Waals surface area contributed by atoms with Crippen LogP contribution in [-0.2, 0) is 0 Å². The van der Waals surface area contributed by atoms with Crippen LogP contribution in [0.5, 0.6) is 5.75 Å². The van der Waals surface area contributed by atoms with Crippen LogP contribution in [0.25, 0.3) is 0 Å². The molecule has 0 heterocycles. The first kappa shape index (κ1) is 13.8. The van der Waals surface area contributed by atoms with Gasteiger partial charge < -0.3 is 14.7 Å². The van der Waals surface area contributed by atoms with E-state index in [2.05, 4.69) is 47.1 Å². The molecule has 100 valence electrons. The topological polar surface area (TPSA) is 32.7 Å². The monoisotopic (exact) mass is 313 g/mol. The Bertz CT molecular complexity index is 430. The van der Waals surface area contributed by atoms with Crippen LogP contribution in [0.15, 0.2) is 22.7 Å². The minimum Gasteiger partial charge on any atom is -0.496 e. The second kappa shape index (κ2) is 5.19. The molecule has 1 aromatic carbocycles. The molecule has 0 saturated heterocycles. The molecule has 1 saturated carbocycles. The van der Waals surface area contributed by atoms with Gasteiger partial charge in [0.2, 0.25) is 0 Å². The first-order chi connectivity index (χ1) is 8.54. The molecule has 18 heavy (non-hydrogen) atoms. The molecule has 0 radical (unpaired) electrons. The standard InChI is InChI=1S/C14H20BrNO2/c1-16(2)13(14(9-17)6-7-14)10-4-5-12(18-3)11(15)8-10/h4-5,8,13,17H,6-7,9H2,1-3H3. The van der Waals surface area contributed by atoms with Crippen molar-refractivity contribution in [2.75, 3.05) is 27.8 Å². The molecule has 2 rings (SSSR count). The van der Waals surface area contributed by atoms with Crippen LogP contribution in [0.3, 0.4) is 0 Å². The smallest absolute Gasteiger partial charge is 0.133 e. The number of aliphatic hydroxyl groups excluding tert-OH is 1. The van der Waals surface area contributed by atoms with Crippen LogP contribution < -0.4 is 4.74 Å². The maximum atomic E-state index is 9.64. The number of halogens is 1. The number of hydrogen-bond donors (Lipinski definition) is 1. The predicted molar refractivity (Wildman–Crippen MR) is 75.9 cm³/mol. The molecular weight excluding hydrogens is 294 g/mol. The summed E-state index contributed by atoms with van der Waals surface area (Å²) in [5, 5.41) is 9.64. The van der Waals surface area contributed by atoms with Crippen LogP contribution >= 0.6 is 15.9 Å². The SMILES string of the molecule is COc1ccc(C(N(C)C)C2(CO)CC2)cc1Br. The number of nitrogens with zero attached hydrogens (tertiary/aromatic N) is 1. The summed E-state index contributed by atoms with van der Waals surface area (Å²) in [6.45, 7) is 0.249. The minimum atomic E-state index is 0.0392. The molecule has 0 aromatic heterocycles. The van der Waals surface area contributed by atoms with Crippen molar-refractivity contribution in [3.63, 3.8) is 0 Å². The molecule has 1 N–H and O–H groups in total.